The Kier molecular flexibility index (Phi) is 11.7. The first-order valence-corrected chi connectivity index (χ1v) is 11.0. The fourth-order valence-corrected chi connectivity index (χ4v) is 3.91. The standard InChI is InChI=1S/C21H39N5O4.HI/c1-21(2,3)30-20(28)26-12-6-7-16(15-26)8-11-23-18(22-4)24-17-9-13-25(14-10-17)19(27)29-5;/h16-17H,6-15H2,1-5H3,(H2,22,23,24);1H. The lowest BCUT2D eigenvalue weighted by Gasteiger charge is -2.34. The molecule has 0 aromatic carbocycles. The number of ether oxygens (including phenoxy) is 2. The highest BCUT2D eigenvalue weighted by Gasteiger charge is 2.28. The van der Waals surface area contributed by atoms with E-state index < -0.39 is 5.60 Å². The quantitative estimate of drug-likeness (QED) is 0.316. The zero-order chi connectivity index (χ0) is 22.1. The van der Waals surface area contributed by atoms with E-state index in [4.69, 9.17) is 9.47 Å². The molecular weight excluding hydrogens is 513 g/mol. The monoisotopic (exact) mass is 553 g/mol. The minimum atomic E-state index is -0.462. The Morgan fingerprint density at radius 2 is 1.74 bits per heavy atom. The normalized spacial score (nSPS) is 20.5. The van der Waals surface area contributed by atoms with Crippen molar-refractivity contribution in [2.24, 2.45) is 10.9 Å². The summed E-state index contributed by atoms with van der Waals surface area (Å²) in [4.78, 5) is 31.8. The summed E-state index contributed by atoms with van der Waals surface area (Å²) in [5.74, 6) is 1.24. The Labute approximate surface area is 203 Å². The summed E-state index contributed by atoms with van der Waals surface area (Å²) in [5, 5.41) is 6.84. The number of rotatable bonds is 4. The van der Waals surface area contributed by atoms with Crippen molar-refractivity contribution in [1.29, 1.82) is 0 Å². The topological polar surface area (TPSA) is 95.5 Å². The van der Waals surface area contributed by atoms with Gasteiger partial charge in [-0.05, 0) is 58.8 Å². The first-order chi connectivity index (χ1) is 14.2. The van der Waals surface area contributed by atoms with E-state index in [1.807, 2.05) is 25.7 Å². The van der Waals surface area contributed by atoms with Gasteiger partial charge in [0.2, 0.25) is 0 Å². The van der Waals surface area contributed by atoms with Gasteiger partial charge < -0.3 is 29.9 Å². The second-order valence-electron chi connectivity index (χ2n) is 9.10. The summed E-state index contributed by atoms with van der Waals surface area (Å²) in [5.41, 5.74) is -0.462. The predicted octanol–water partition coefficient (Wildman–Crippen LogP) is 3.04. The molecule has 0 radical (unpaired) electrons. The number of methoxy groups -OCH3 is 1. The minimum Gasteiger partial charge on any atom is -0.453 e. The maximum atomic E-state index is 12.3. The number of likely N-dealkylation sites (tertiary alicyclic amines) is 2. The maximum absolute atomic E-state index is 12.3. The Bertz CT molecular complexity index is 603. The molecule has 1 atom stereocenters. The first-order valence-electron chi connectivity index (χ1n) is 11.0. The smallest absolute Gasteiger partial charge is 0.410 e. The zero-order valence-corrected chi connectivity index (χ0v) is 21.9. The Balaban J connectivity index is 0.00000480. The van der Waals surface area contributed by atoms with Crippen LogP contribution in [0.5, 0.6) is 0 Å². The number of halogens is 1. The van der Waals surface area contributed by atoms with Crippen LogP contribution in [-0.2, 0) is 9.47 Å². The van der Waals surface area contributed by atoms with Crippen molar-refractivity contribution in [3.8, 4) is 0 Å². The summed E-state index contributed by atoms with van der Waals surface area (Å²) < 4.78 is 10.3. The molecule has 0 aliphatic carbocycles. The Morgan fingerprint density at radius 1 is 1.06 bits per heavy atom. The van der Waals surface area contributed by atoms with E-state index >= 15 is 0 Å². The lowest BCUT2D eigenvalue weighted by atomic mass is 9.95. The highest BCUT2D eigenvalue weighted by atomic mass is 127. The van der Waals surface area contributed by atoms with E-state index in [-0.39, 0.29) is 42.2 Å². The molecule has 31 heavy (non-hydrogen) atoms. The van der Waals surface area contributed by atoms with Gasteiger partial charge in [0, 0.05) is 45.8 Å². The van der Waals surface area contributed by atoms with E-state index in [9.17, 15) is 9.59 Å². The third-order valence-electron chi connectivity index (χ3n) is 5.51. The van der Waals surface area contributed by atoms with Crippen LogP contribution in [0.3, 0.4) is 0 Å². The van der Waals surface area contributed by atoms with E-state index in [1.54, 1.807) is 11.9 Å². The average Bonchev–Trinajstić information content (AvgIpc) is 2.72. The van der Waals surface area contributed by atoms with Crippen molar-refractivity contribution >= 4 is 42.1 Å². The van der Waals surface area contributed by atoms with E-state index in [2.05, 4.69) is 15.6 Å². The third kappa shape index (κ3) is 9.69. The second kappa shape index (κ2) is 13.2. The molecule has 2 fully saturated rings. The third-order valence-corrected chi connectivity index (χ3v) is 5.51. The number of hydrogen-bond acceptors (Lipinski definition) is 5. The summed E-state index contributed by atoms with van der Waals surface area (Å²) in [7, 11) is 3.18. The van der Waals surface area contributed by atoms with E-state index in [1.165, 1.54) is 7.11 Å². The molecule has 180 valence electrons. The van der Waals surface area contributed by atoms with Gasteiger partial charge in [-0.1, -0.05) is 0 Å². The van der Waals surface area contributed by atoms with Gasteiger partial charge in [0.25, 0.3) is 0 Å². The van der Waals surface area contributed by atoms with Crippen LogP contribution in [-0.4, -0.2) is 86.5 Å². The molecule has 2 amide bonds. The number of nitrogens with one attached hydrogen (secondary N) is 2. The predicted molar refractivity (Wildman–Crippen MR) is 132 cm³/mol. The lowest BCUT2D eigenvalue weighted by Crippen LogP contribution is -2.50. The van der Waals surface area contributed by atoms with Gasteiger partial charge in [-0.15, -0.1) is 24.0 Å². The van der Waals surface area contributed by atoms with Crippen molar-refractivity contribution < 1.29 is 19.1 Å². The van der Waals surface area contributed by atoms with Crippen LogP contribution < -0.4 is 10.6 Å². The van der Waals surface area contributed by atoms with Gasteiger partial charge in [-0.3, -0.25) is 4.99 Å². The molecule has 0 bridgehead atoms. The molecule has 0 aromatic heterocycles. The molecule has 2 heterocycles. The summed E-state index contributed by atoms with van der Waals surface area (Å²) in [6, 6.07) is 0.287. The van der Waals surface area contributed by atoms with Crippen molar-refractivity contribution in [1.82, 2.24) is 20.4 Å². The molecule has 2 saturated heterocycles. The molecule has 2 aliphatic heterocycles. The number of piperidine rings is 2. The number of carbonyl (C=O) groups is 2. The van der Waals surface area contributed by atoms with E-state index in [0.717, 1.165) is 57.7 Å². The molecule has 2 N–H and O–H groups in total. The van der Waals surface area contributed by atoms with Gasteiger partial charge in [0.05, 0.1) is 7.11 Å². The van der Waals surface area contributed by atoms with Crippen molar-refractivity contribution in [2.45, 2.75) is 64.5 Å². The van der Waals surface area contributed by atoms with Crippen molar-refractivity contribution in [3.05, 3.63) is 0 Å². The average molecular weight is 553 g/mol. The summed E-state index contributed by atoms with van der Waals surface area (Å²) in [6.45, 7) is 9.37. The van der Waals surface area contributed by atoms with Crippen LogP contribution in [0, 0.1) is 5.92 Å². The zero-order valence-electron chi connectivity index (χ0n) is 19.6. The maximum Gasteiger partial charge on any atom is 0.410 e. The highest BCUT2D eigenvalue weighted by molar-refractivity contribution is 14.0. The molecule has 9 nitrogen and oxygen atoms in total. The fraction of sp³-hybridized carbons (Fsp3) is 0.857. The number of hydrogen-bond donors (Lipinski definition) is 2. The SMILES string of the molecule is CN=C(NCCC1CCCN(C(=O)OC(C)(C)C)C1)NC1CCN(C(=O)OC)CC1.I. The first kappa shape index (κ1) is 27.6. The summed E-state index contributed by atoms with van der Waals surface area (Å²) >= 11 is 0. The molecule has 0 aromatic rings. The molecule has 0 spiro atoms. The largest absolute Gasteiger partial charge is 0.453 e. The van der Waals surface area contributed by atoms with Crippen LogP contribution in [0.2, 0.25) is 0 Å². The van der Waals surface area contributed by atoms with Crippen LogP contribution in [0.4, 0.5) is 9.59 Å². The molecular formula is C21H40IN5O4. The number of aliphatic imine (C=N–C) groups is 1. The molecule has 2 aliphatic rings. The number of carbonyl (C=O) groups excluding carboxylic acids is 2. The van der Waals surface area contributed by atoms with Gasteiger partial charge in [0.15, 0.2) is 5.96 Å². The van der Waals surface area contributed by atoms with E-state index in [0.29, 0.717) is 19.0 Å². The van der Waals surface area contributed by atoms with Gasteiger partial charge in [0.1, 0.15) is 5.60 Å². The fourth-order valence-electron chi connectivity index (χ4n) is 3.91. The number of nitrogens with zero attached hydrogens (tertiary/aromatic N) is 3. The van der Waals surface area contributed by atoms with Gasteiger partial charge in [-0.2, -0.15) is 0 Å². The molecule has 0 saturated carbocycles. The van der Waals surface area contributed by atoms with Gasteiger partial charge in [-0.25, -0.2) is 9.59 Å². The molecule has 2 rings (SSSR count). The second-order valence-corrected chi connectivity index (χ2v) is 9.10. The highest BCUT2D eigenvalue weighted by Crippen LogP contribution is 2.21. The van der Waals surface area contributed by atoms with Crippen LogP contribution in [0.15, 0.2) is 4.99 Å². The van der Waals surface area contributed by atoms with Gasteiger partial charge >= 0.3 is 12.2 Å². The van der Waals surface area contributed by atoms with Crippen LogP contribution in [0.25, 0.3) is 0 Å². The molecule has 10 heteroatoms. The van der Waals surface area contributed by atoms with Crippen molar-refractivity contribution in [2.75, 3.05) is 46.9 Å². The lowest BCUT2D eigenvalue weighted by molar-refractivity contribution is 0.0162. The minimum absolute atomic E-state index is 0. The summed E-state index contributed by atoms with van der Waals surface area (Å²) in [6.07, 6.45) is 4.36. The number of amides is 2. The van der Waals surface area contributed by atoms with Crippen LogP contribution >= 0.6 is 24.0 Å². The number of guanidine groups is 1. The Morgan fingerprint density at radius 3 is 2.32 bits per heavy atom. The molecule has 1 unspecified atom stereocenters. The Hall–Kier alpha value is -1.46. The van der Waals surface area contributed by atoms with Crippen LogP contribution in [0.1, 0.15) is 52.9 Å². The van der Waals surface area contributed by atoms with Crippen molar-refractivity contribution in [3.63, 3.8) is 0 Å².